The van der Waals surface area contributed by atoms with Gasteiger partial charge < -0.3 is 19.0 Å². The minimum atomic E-state index is -0.00300. The van der Waals surface area contributed by atoms with E-state index in [4.69, 9.17) is 9.15 Å². The lowest BCUT2D eigenvalue weighted by atomic mass is 9.78. The number of furan rings is 1. The van der Waals surface area contributed by atoms with Crippen molar-refractivity contribution in [1.29, 1.82) is 0 Å². The van der Waals surface area contributed by atoms with Gasteiger partial charge in [0.2, 0.25) is 0 Å². The highest BCUT2D eigenvalue weighted by atomic mass is 16.6. The molecule has 2 aliphatic rings. The summed E-state index contributed by atoms with van der Waals surface area (Å²) in [7, 11) is 2.17. The third-order valence-corrected chi connectivity index (χ3v) is 4.85. The molecule has 0 atom stereocenters. The van der Waals surface area contributed by atoms with Crippen LogP contribution in [-0.4, -0.2) is 55.5 Å². The van der Waals surface area contributed by atoms with Gasteiger partial charge in [-0.1, -0.05) is 0 Å². The Bertz CT molecular complexity index is 503. The van der Waals surface area contributed by atoms with Crippen LogP contribution in [-0.2, 0) is 0 Å². The predicted molar refractivity (Wildman–Crippen MR) is 79.6 cm³/mol. The van der Waals surface area contributed by atoms with Crippen molar-refractivity contribution in [3.63, 3.8) is 0 Å². The van der Waals surface area contributed by atoms with E-state index in [-0.39, 0.29) is 5.91 Å². The molecule has 2 fully saturated rings. The molecule has 0 N–H and O–H groups in total. The predicted octanol–water partition coefficient (Wildman–Crippen LogP) is 2.24. The molecular weight excluding hydrogens is 268 g/mol. The maximum atomic E-state index is 12.5. The zero-order valence-electron chi connectivity index (χ0n) is 12.9. The highest BCUT2D eigenvalue weighted by Gasteiger charge is 2.42. The lowest BCUT2D eigenvalue weighted by Crippen LogP contribution is -2.40. The average Bonchev–Trinajstić information content (AvgIpc) is 3.10. The Morgan fingerprint density at radius 3 is 2.71 bits per heavy atom. The molecule has 0 unspecified atom stereocenters. The summed E-state index contributed by atoms with van der Waals surface area (Å²) in [5.74, 6) is 0.814. The number of carbonyl (C=O) groups is 1. The molecule has 0 radical (unpaired) electrons. The lowest BCUT2D eigenvalue weighted by Gasteiger charge is -2.37. The lowest BCUT2D eigenvalue weighted by molar-refractivity contribution is 0.0699. The number of nitrogens with zero attached hydrogens (tertiary/aromatic N) is 2. The van der Waals surface area contributed by atoms with Crippen LogP contribution in [0.4, 0.5) is 0 Å². The number of likely N-dealkylation sites (tertiary alicyclic amines) is 2. The van der Waals surface area contributed by atoms with Crippen molar-refractivity contribution in [1.82, 2.24) is 9.80 Å². The van der Waals surface area contributed by atoms with Gasteiger partial charge in [0, 0.05) is 19.2 Å². The smallest absolute Gasteiger partial charge is 0.289 e. The number of piperidine rings is 1. The van der Waals surface area contributed by atoms with Crippen LogP contribution < -0.4 is 4.74 Å². The Kier molecular flexibility index (Phi) is 3.93. The zero-order chi connectivity index (χ0) is 14.9. The molecule has 1 aromatic rings. The monoisotopic (exact) mass is 292 g/mol. The van der Waals surface area contributed by atoms with E-state index < -0.39 is 0 Å². The van der Waals surface area contributed by atoms with Crippen molar-refractivity contribution in [3.8, 4) is 5.95 Å². The van der Waals surface area contributed by atoms with Gasteiger partial charge in [0.15, 0.2) is 5.76 Å². The quantitative estimate of drug-likeness (QED) is 0.857. The van der Waals surface area contributed by atoms with Crippen LogP contribution in [0.3, 0.4) is 0 Å². The van der Waals surface area contributed by atoms with Crippen molar-refractivity contribution in [2.75, 3.05) is 39.8 Å². The summed E-state index contributed by atoms with van der Waals surface area (Å²) in [6.07, 6.45) is 3.50. The van der Waals surface area contributed by atoms with Crippen molar-refractivity contribution >= 4 is 5.91 Å². The van der Waals surface area contributed by atoms with Crippen LogP contribution in [0.2, 0.25) is 0 Å². The summed E-state index contributed by atoms with van der Waals surface area (Å²) in [6.45, 7) is 6.42. The average molecular weight is 292 g/mol. The maximum Gasteiger partial charge on any atom is 0.289 e. The maximum absolute atomic E-state index is 12.5. The summed E-state index contributed by atoms with van der Waals surface area (Å²) in [5.41, 5.74) is 0.331. The van der Waals surface area contributed by atoms with E-state index in [1.807, 2.05) is 11.8 Å². The normalized spacial score (nSPS) is 21.9. The van der Waals surface area contributed by atoms with Crippen LogP contribution in [0.1, 0.15) is 36.7 Å². The SMILES string of the molecule is CCOc1ccc(C(=O)N2CCC3(CCN(C)CC3)C2)o1. The summed E-state index contributed by atoms with van der Waals surface area (Å²) in [6, 6.07) is 3.44. The third-order valence-electron chi connectivity index (χ3n) is 4.85. The van der Waals surface area contributed by atoms with Gasteiger partial charge in [-0.05, 0) is 57.8 Å². The molecule has 1 amide bonds. The van der Waals surface area contributed by atoms with Gasteiger partial charge in [-0.3, -0.25) is 4.79 Å². The highest BCUT2D eigenvalue weighted by molar-refractivity contribution is 5.91. The van der Waals surface area contributed by atoms with Gasteiger partial charge >= 0.3 is 0 Å². The summed E-state index contributed by atoms with van der Waals surface area (Å²) in [5, 5.41) is 0. The van der Waals surface area contributed by atoms with Gasteiger partial charge in [-0.2, -0.15) is 0 Å². The van der Waals surface area contributed by atoms with Gasteiger partial charge in [0.05, 0.1) is 6.61 Å². The Hall–Kier alpha value is -1.49. The molecular formula is C16H24N2O3. The Morgan fingerprint density at radius 2 is 2.00 bits per heavy atom. The van der Waals surface area contributed by atoms with E-state index in [1.165, 1.54) is 12.8 Å². The molecule has 116 valence electrons. The number of hydrogen-bond donors (Lipinski definition) is 0. The van der Waals surface area contributed by atoms with E-state index in [0.717, 1.165) is 32.6 Å². The molecule has 5 heteroatoms. The van der Waals surface area contributed by atoms with Gasteiger partial charge in [-0.15, -0.1) is 0 Å². The first kappa shape index (κ1) is 14.4. The van der Waals surface area contributed by atoms with E-state index in [1.54, 1.807) is 12.1 Å². The number of ether oxygens (including phenoxy) is 1. The first-order valence-electron chi connectivity index (χ1n) is 7.82. The van der Waals surface area contributed by atoms with Crippen molar-refractivity contribution in [3.05, 3.63) is 17.9 Å². The minimum absolute atomic E-state index is 0.00300. The van der Waals surface area contributed by atoms with E-state index >= 15 is 0 Å². The Labute approximate surface area is 125 Å². The summed E-state index contributed by atoms with van der Waals surface area (Å²) < 4.78 is 10.7. The number of hydrogen-bond acceptors (Lipinski definition) is 4. The van der Waals surface area contributed by atoms with Crippen molar-refractivity contribution in [2.24, 2.45) is 5.41 Å². The molecule has 5 nitrogen and oxygen atoms in total. The van der Waals surface area contributed by atoms with Crippen LogP contribution in [0.5, 0.6) is 5.95 Å². The largest absolute Gasteiger partial charge is 0.465 e. The zero-order valence-corrected chi connectivity index (χ0v) is 12.9. The third kappa shape index (κ3) is 2.93. The molecule has 0 aromatic carbocycles. The second kappa shape index (κ2) is 5.72. The molecule has 2 aliphatic heterocycles. The van der Waals surface area contributed by atoms with E-state index in [2.05, 4.69) is 11.9 Å². The summed E-state index contributed by atoms with van der Waals surface area (Å²) >= 11 is 0. The standard InChI is InChI=1S/C16H24N2O3/c1-3-20-14-5-4-13(21-14)15(19)18-11-8-16(12-18)6-9-17(2)10-7-16/h4-5H,3,6-12H2,1-2H3. The Morgan fingerprint density at radius 1 is 1.29 bits per heavy atom. The summed E-state index contributed by atoms with van der Waals surface area (Å²) in [4.78, 5) is 16.8. The van der Waals surface area contributed by atoms with Gasteiger partial charge in [-0.25, -0.2) is 0 Å². The van der Waals surface area contributed by atoms with Crippen LogP contribution >= 0.6 is 0 Å². The second-order valence-electron chi connectivity index (χ2n) is 6.33. The second-order valence-corrected chi connectivity index (χ2v) is 6.33. The number of rotatable bonds is 3. The Balaban J connectivity index is 1.63. The molecule has 3 heterocycles. The highest BCUT2D eigenvalue weighted by Crippen LogP contribution is 2.40. The molecule has 1 spiro atoms. The van der Waals surface area contributed by atoms with Crippen LogP contribution in [0.25, 0.3) is 0 Å². The fraction of sp³-hybridized carbons (Fsp3) is 0.688. The molecule has 1 aromatic heterocycles. The first-order chi connectivity index (χ1) is 10.1. The minimum Gasteiger partial charge on any atom is -0.465 e. The van der Waals surface area contributed by atoms with Crippen molar-refractivity contribution < 1.29 is 13.9 Å². The molecule has 0 bridgehead atoms. The molecule has 0 saturated carbocycles. The van der Waals surface area contributed by atoms with Crippen LogP contribution in [0, 0.1) is 5.41 Å². The van der Waals surface area contributed by atoms with Gasteiger partial charge in [0.1, 0.15) is 0 Å². The molecule has 21 heavy (non-hydrogen) atoms. The fourth-order valence-corrected chi connectivity index (χ4v) is 3.42. The first-order valence-corrected chi connectivity index (χ1v) is 7.82. The molecule has 2 saturated heterocycles. The number of amides is 1. The molecule has 0 aliphatic carbocycles. The molecule has 3 rings (SSSR count). The van der Waals surface area contributed by atoms with Crippen molar-refractivity contribution in [2.45, 2.75) is 26.2 Å². The number of carbonyl (C=O) groups excluding carboxylic acids is 1. The van der Waals surface area contributed by atoms with Crippen LogP contribution in [0.15, 0.2) is 16.5 Å². The van der Waals surface area contributed by atoms with Gasteiger partial charge in [0.25, 0.3) is 11.9 Å². The van der Waals surface area contributed by atoms with E-state index in [9.17, 15) is 4.79 Å². The van der Waals surface area contributed by atoms with E-state index in [0.29, 0.717) is 23.7 Å². The fourth-order valence-electron chi connectivity index (χ4n) is 3.42. The topological polar surface area (TPSA) is 45.9 Å².